The van der Waals surface area contributed by atoms with Gasteiger partial charge in [0.15, 0.2) is 0 Å². The Morgan fingerprint density at radius 2 is 1.20 bits per heavy atom. The van der Waals surface area contributed by atoms with Crippen LogP contribution in [0, 0.1) is 13.8 Å². The number of esters is 2. The van der Waals surface area contributed by atoms with Crippen LogP contribution in [0.3, 0.4) is 0 Å². The number of ether oxygens (including phenoxy) is 2. The Balaban J connectivity index is 2.85. The van der Waals surface area contributed by atoms with Crippen LogP contribution in [-0.4, -0.2) is 35.1 Å². The predicted octanol–water partition coefficient (Wildman–Crippen LogP) is 1.30. The lowest BCUT2D eigenvalue weighted by atomic mass is 10.2. The second-order valence-electron chi connectivity index (χ2n) is 4.25. The fourth-order valence-corrected chi connectivity index (χ4v) is 1.73. The van der Waals surface area contributed by atoms with Gasteiger partial charge in [0.25, 0.3) is 0 Å². The van der Waals surface area contributed by atoms with E-state index in [4.69, 9.17) is 9.47 Å². The minimum absolute atomic E-state index is 0.0905. The molecule has 0 amide bonds. The van der Waals surface area contributed by atoms with E-state index in [2.05, 4.69) is 9.97 Å². The molecule has 20 heavy (non-hydrogen) atoms. The zero-order chi connectivity index (χ0) is 15.1. The van der Waals surface area contributed by atoms with Gasteiger partial charge < -0.3 is 9.47 Å². The van der Waals surface area contributed by atoms with Gasteiger partial charge in [-0.2, -0.15) is 0 Å². The second kappa shape index (κ2) is 7.57. The molecule has 1 aromatic heterocycles. The summed E-state index contributed by atoms with van der Waals surface area (Å²) in [5.74, 6) is -0.662. The van der Waals surface area contributed by atoms with Crippen LogP contribution < -0.4 is 0 Å². The molecule has 0 unspecified atom stereocenters. The number of nitrogens with zero attached hydrogens (tertiary/aromatic N) is 2. The summed E-state index contributed by atoms with van der Waals surface area (Å²) < 4.78 is 9.77. The van der Waals surface area contributed by atoms with Gasteiger partial charge in [-0.15, -0.1) is 0 Å². The fraction of sp³-hybridized carbons (Fsp3) is 0.571. The van der Waals surface area contributed by atoms with Crippen molar-refractivity contribution in [2.45, 2.75) is 40.5 Å². The van der Waals surface area contributed by atoms with E-state index in [-0.39, 0.29) is 24.8 Å². The van der Waals surface area contributed by atoms with E-state index in [1.54, 1.807) is 27.7 Å². The van der Waals surface area contributed by atoms with Gasteiger partial charge in [-0.3, -0.25) is 19.6 Å². The molecule has 1 aromatic rings. The third kappa shape index (κ3) is 4.60. The number of carbonyl (C=O) groups excluding carboxylic acids is 2. The monoisotopic (exact) mass is 280 g/mol. The molecule has 0 aliphatic heterocycles. The molecule has 0 atom stereocenters. The molecule has 1 rings (SSSR count). The number of hydrogen-bond donors (Lipinski definition) is 0. The molecule has 0 aromatic carbocycles. The predicted molar refractivity (Wildman–Crippen MR) is 72.2 cm³/mol. The van der Waals surface area contributed by atoms with Crippen molar-refractivity contribution < 1.29 is 19.1 Å². The molecular weight excluding hydrogens is 260 g/mol. The van der Waals surface area contributed by atoms with Gasteiger partial charge in [-0.25, -0.2) is 0 Å². The molecule has 0 bridgehead atoms. The highest BCUT2D eigenvalue weighted by Gasteiger charge is 2.15. The Morgan fingerprint density at radius 1 is 0.850 bits per heavy atom. The first kappa shape index (κ1) is 16.1. The smallest absolute Gasteiger partial charge is 0.311 e. The van der Waals surface area contributed by atoms with Gasteiger partial charge in [0.05, 0.1) is 48.8 Å². The van der Waals surface area contributed by atoms with Crippen LogP contribution in [0.15, 0.2) is 0 Å². The van der Waals surface area contributed by atoms with Crippen molar-refractivity contribution in [2.24, 2.45) is 0 Å². The number of aromatic nitrogens is 2. The highest BCUT2D eigenvalue weighted by Crippen LogP contribution is 2.10. The van der Waals surface area contributed by atoms with E-state index < -0.39 is 0 Å². The lowest BCUT2D eigenvalue weighted by molar-refractivity contribution is -0.143. The molecule has 1 heterocycles. The van der Waals surface area contributed by atoms with Gasteiger partial charge in [0.1, 0.15) is 0 Å². The quantitative estimate of drug-likeness (QED) is 0.731. The van der Waals surface area contributed by atoms with Gasteiger partial charge in [-0.05, 0) is 27.7 Å². The summed E-state index contributed by atoms with van der Waals surface area (Å²) >= 11 is 0. The Labute approximate surface area is 118 Å². The van der Waals surface area contributed by atoms with Crippen LogP contribution in [0.1, 0.15) is 36.6 Å². The zero-order valence-corrected chi connectivity index (χ0v) is 12.4. The molecule has 0 N–H and O–H groups in total. The van der Waals surface area contributed by atoms with Crippen LogP contribution in [-0.2, 0) is 31.9 Å². The summed E-state index contributed by atoms with van der Waals surface area (Å²) in [4.78, 5) is 31.6. The molecule has 6 nitrogen and oxygen atoms in total. The van der Waals surface area contributed by atoms with Crippen molar-refractivity contribution in [3.05, 3.63) is 22.8 Å². The summed E-state index contributed by atoms with van der Waals surface area (Å²) in [6.45, 7) is 7.70. The molecule has 110 valence electrons. The highest BCUT2D eigenvalue weighted by atomic mass is 16.5. The maximum atomic E-state index is 11.5. The molecule has 0 aliphatic carbocycles. The topological polar surface area (TPSA) is 78.4 Å². The highest BCUT2D eigenvalue weighted by molar-refractivity contribution is 5.73. The van der Waals surface area contributed by atoms with E-state index >= 15 is 0 Å². The Hall–Kier alpha value is -1.98. The molecule has 0 saturated carbocycles. The standard InChI is InChI=1S/C14H20N2O4/c1-5-19-13(17)7-11-9(3)16-12(10(4)15-11)8-14(18)20-6-2/h5-8H2,1-4H3. The third-order valence-corrected chi connectivity index (χ3v) is 2.67. The minimum Gasteiger partial charge on any atom is -0.466 e. The molecule has 0 aliphatic rings. The van der Waals surface area contributed by atoms with E-state index in [1.807, 2.05) is 0 Å². The van der Waals surface area contributed by atoms with Crippen LogP contribution in [0.5, 0.6) is 0 Å². The van der Waals surface area contributed by atoms with Crippen LogP contribution in [0.25, 0.3) is 0 Å². The zero-order valence-electron chi connectivity index (χ0n) is 12.4. The van der Waals surface area contributed by atoms with E-state index in [0.717, 1.165) is 0 Å². The summed E-state index contributed by atoms with van der Waals surface area (Å²) in [5, 5.41) is 0. The molecule has 0 spiro atoms. The molecule has 0 saturated heterocycles. The maximum Gasteiger partial charge on any atom is 0.311 e. The first-order valence-corrected chi connectivity index (χ1v) is 6.62. The van der Waals surface area contributed by atoms with Crippen molar-refractivity contribution in [3.63, 3.8) is 0 Å². The van der Waals surface area contributed by atoms with Gasteiger partial charge in [0, 0.05) is 0 Å². The van der Waals surface area contributed by atoms with Crippen molar-refractivity contribution in [3.8, 4) is 0 Å². The molecule has 0 radical (unpaired) electrons. The van der Waals surface area contributed by atoms with Crippen molar-refractivity contribution in [2.75, 3.05) is 13.2 Å². The SMILES string of the molecule is CCOC(=O)Cc1nc(C)c(CC(=O)OCC)nc1C. The van der Waals surface area contributed by atoms with Gasteiger partial charge in [-0.1, -0.05) is 0 Å². The Kier molecular flexibility index (Phi) is 6.09. The van der Waals surface area contributed by atoms with Gasteiger partial charge in [0.2, 0.25) is 0 Å². The molecule has 0 fully saturated rings. The maximum absolute atomic E-state index is 11.5. The summed E-state index contributed by atoms with van der Waals surface area (Å²) in [7, 11) is 0. The fourth-order valence-electron chi connectivity index (χ4n) is 1.73. The number of hydrogen-bond acceptors (Lipinski definition) is 6. The van der Waals surface area contributed by atoms with Crippen LogP contribution >= 0.6 is 0 Å². The Morgan fingerprint density at radius 3 is 1.50 bits per heavy atom. The van der Waals surface area contributed by atoms with Crippen LogP contribution in [0.2, 0.25) is 0 Å². The van der Waals surface area contributed by atoms with Crippen LogP contribution in [0.4, 0.5) is 0 Å². The molecule has 6 heteroatoms. The summed E-state index contributed by atoms with van der Waals surface area (Å²) in [5.41, 5.74) is 2.41. The lowest BCUT2D eigenvalue weighted by Gasteiger charge is -2.09. The van der Waals surface area contributed by atoms with E-state index in [9.17, 15) is 9.59 Å². The first-order valence-electron chi connectivity index (χ1n) is 6.62. The largest absolute Gasteiger partial charge is 0.466 e. The van der Waals surface area contributed by atoms with Gasteiger partial charge >= 0.3 is 11.9 Å². The van der Waals surface area contributed by atoms with Crippen molar-refractivity contribution >= 4 is 11.9 Å². The normalized spacial score (nSPS) is 10.2. The second-order valence-corrected chi connectivity index (χ2v) is 4.25. The minimum atomic E-state index is -0.331. The van der Waals surface area contributed by atoms with Crippen molar-refractivity contribution in [1.82, 2.24) is 9.97 Å². The summed E-state index contributed by atoms with van der Waals surface area (Å²) in [6.07, 6.45) is 0.181. The average Bonchev–Trinajstić information content (AvgIpc) is 2.36. The summed E-state index contributed by atoms with van der Waals surface area (Å²) in [6, 6.07) is 0. The third-order valence-electron chi connectivity index (χ3n) is 2.67. The van der Waals surface area contributed by atoms with Crippen molar-refractivity contribution in [1.29, 1.82) is 0 Å². The van der Waals surface area contributed by atoms with E-state index in [0.29, 0.717) is 36.0 Å². The number of rotatable bonds is 6. The Bertz CT molecular complexity index is 454. The lowest BCUT2D eigenvalue weighted by Crippen LogP contribution is -2.15. The molecular formula is C14H20N2O4. The first-order chi connectivity index (χ1) is 9.47. The average molecular weight is 280 g/mol. The van der Waals surface area contributed by atoms with E-state index in [1.165, 1.54) is 0 Å². The number of carbonyl (C=O) groups is 2. The number of aryl methyl sites for hydroxylation is 2.